The molecule has 20 heavy (non-hydrogen) atoms. The van der Waals surface area contributed by atoms with Crippen LogP contribution in [-0.2, 0) is 18.9 Å². The average molecular weight is 284 g/mol. The Morgan fingerprint density at radius 1 is 1.40 bits per heavy atom. The Morgan fingerprint density at radius 3 is 2.90 bits per heavy atom. The molecule has 0 aromatic heterocycles. The highest BCUT2D eigenvalue weighted by Gasteiger charge is 2.44. The van der Waals surface area contributed by atoms with Gasteiger partial charge in [0.1, 0.15) is 12.9 Å². The molecule has 0 aromatic rings. The molecule has 2 rings (SSSR count). The molecule has 0 radical (unpaired) electrons. The van der Waals surface area contributed by atoms with Gasteiger partial charge < -0.3 is 18.9 Å². The van der Waals surface area contributed by atoms with Gasteiger partial charge in [-0.15, -0.1) is 0 Å². The molecule has 0 saturated heterocycles. The molecule has 2 aliphatic carbocycles. The summed E-state index contributed by atoms with van der Waals surface area (Å²) < 4.78 is 20.7. The number of hydrogen-bond donors (Lipinski definition) is 0. The molecule has 2 aliphatic rings. The monoisotopic (exact) mass is 284 g/mol. The summed E-state index contributed by atoms with van der Waals surface area (Å²) in [4.78, 5) is 11.2. The number of hydrogen-bond acceptors (Lipinski definition) is 5. The molecular weight excluding hydrogens is 260 g/mol. The molecule has 1 saturated carbocycles. The lowest BCUT2D eigenvalue weighted by Crippen LogP contribution is -2.43. The molecule has 5 nitrogen and oxygen atoms in total. The van der Waals surface area contributed by atoms with Gasteiger partial charge in [-0.2, -0.15) is 0 Å². The summed E-state index contributed by atoms with van der Waals surface area (Å²) in [6, 6.07) is 0. The largest absolute Gasteiger partial charge is 0.508 e. The fourth-order valence-corrected chi connectivity index (χ4v) is 3.32. The van der Waals surface area contributed by atoms with Crippen LogP contribution in [0.3, 0.4) is 0 Å². The lowest BCUT2D eigenvalue weighted by molar-refractivity contribution is -0.121. The number of methoxy groups -OCH3 is 2. The second kappa shape index (κ2) is 6.59. The minimum absolute atomic E-state index is 0.0345. The van der Waals surface area contributed by atoms with Crippen LogP contribution in [0.25, 0.3) is 0 Å². The first-order valence-electron chi connectivity index (χ1n) is 7.16. The minimum Gasteiger partial charge on any atom is -0.438 e. The van der Waals surface area contributed by atoms with Crippen LogP contribution in [0.5, 0.6) is 0 Å². The van der Waals surface area contributed by atoms with Gasteiger partial charge in [-0.1, -0.05) is 12.5 Å². The molecule has 0 unspecified atom stereocenters. The number of carbonyl (C=O) groups excluding carboxylic acids is 1. The highest BCUT2D eigenvalue weighted by molar-refractivity contribution is 5.60. The van der Waals surface area contributed by atoms with E-state index in [4.69, 9.17) is 14.2 Å². The van der Waals surface area contributed by atoms with E-state index in [0.29, 0.717) is 6.79 Å². The van der Waals surface area contributed by atoms with E-state index in [9.17, 15) is 4.79 Å². The lowest BCUT2D eigenvalue weighted by atomic mass is 9.64. The predicted octanol–water partition coefficient (Wildman–Crippen LogP) is 3.04. The third kappa shape index (κ3) is 3.15. The Balaban J connectivity index is 2.07. The van der Waals surface area contributed by atoms with Gasteiger partial charge in [-0.05, 0) is 38.2 Å². The standard InChI is InChI=1S/C15H24O5/c1-15-8-7-12(20-14(16)18-3)9-11(15)5-4-6-13(15)19-10-17-2/h9,12-13H,4-8,10H2,1-3H3/t12-,13-,15-/m0/s1. The summed E-state index contributed by atoms with van der Waals surface area (Å²) >= 11 is 0. The molecule has 0 spiro atoms. The van der Waals surface area contributed by atoms with Crippen molar-refractivity contribution in [3.05, 3.63) is 11.6 Å². The van der Waals surface area contributed by atoms with Gasteiger partial charge in [0.05, 0.1) is 13.2 Å². The van der Waals surface area contributed by atoms with Gasteiger partial charge in [0.2, 0.25) is 0 Å². The summed E-state index contributed by atoms with van der Waals surface area (Å²) in [7, 11) is 2.97. The van der Waals surface area contributed by atoms with Crippen molar-refractivity contribution < 1.29 is 23.7 Å². The van der Waals surface area contributed by atoms with Crippen molar-refractivity contribution in [3.63, 3.8) is 0 Å². The second-order valence-corrected chi connectivity index (χ2v) is 5.71. The van der Waals surface area contributed by atoms with E-state index >= 15 is 0 Å². The van der Waals surface area contributed by atoms with Crippen molar-refractivity contribution in [2.75, 3.05) is 21.0 Å². The molecule has 0 aliphatic heterocycles. The van der Waals surface area contributed by atoms with E-state index in [1.807, 2.05) is 0 Å². The first-order chi connectivity index (χ1) is 9.60. The van der Waals surface area contributed by atoms with Gasteiger partial charge in [-0.3, -0.25) is 0 Å². The van der Waals surface area contributed by atoms with Crippen LogP contribution in [0.2, 0.25) is 0 Å². The van der Waals surface area contributed by atoms with Crippen LogP contribution in [0.1, 0.15) is 39.0 Å². The Bertz CT molecular complexity index is 378. The van der Waals surface area contributed by atoms with Crippen molar-refractivity contribution in [3.8, 4) is 0 Å². The van der Waals surface area contributed by atoms with Gasteiger partial charge >= 0.3 is 6.16 Å². The summed E-state index contributed by atoms with van der Waals surface area (Å²) in [5.41, 5.74) is 1.37. The van der Waals surface area contributed by atoms with Gasteiger partial charge in [0, 0.05) is 12.5 Å². The first kappa shape index (κ1) is 15.3. The zero-order chi connectivity index (χ0) is 14.6. The highest BCUT2D eigenvalue weighted by atomic mass is 16.7. The van der Waals surface area contributed by atoms with Crippen molar-refractivity contribution in [1.82, 2.24) is 0 Å². The van der Waals surface area contributed by atoms with E-state index in [1.165, 1.54) is 12.7 Å². The molecule has 0 heterocycles. The van der Waals surface area contributed by atoms with E-state index < -0.39 is 6.16 Å². The molecule has 0 amide bonds. The molecule has 3 atom stereocenters. The zero-order valence-corrected chi connectivity index (χ0v) is 12.5. The van der Waals surface area contributed by atoms with Crippen LogP contribution < -0.4 is 0 Å². The number of rotatable bonds is 4. The molecule has 114 valence electrons. The third-order valence-corrected chi connectivity index (χ3v) is 4.49. The van der Waals surface area contributed by atoms with Crippen LogP contribution in [0.4, 0.5) is 4.79 Å². The number of carbonyl (C=O) groups is 1. The maximum Gasteiger partial charge on any atom is 0.508 e. The lowest BCUT2D eigenvalue weighted by Gasteiger charge is -2.46. The fraction of sp³-hybridized carbons (Fsp3) is 0.800. The van der Waals surface area contributed by atoms with Gasteiger partial charge in [-0.25, -0.2) is 4.79 Å². The Labute approximate surface area is 120 Å². The molecular formula is C15H24O5. The van der Waals surface area contributed by atoms with Crippen LogP contribution >= 0.6 is 0 Å². The summed E-state index contributed by atoms with van der Waals surface area (Å²) in [5, 5.41) is 0. The molecule has 1 fully saturated rings. The first-order valence-corrected chi connectivity index (χ1v) is 7.16. The van der Waals surface area contributed by atoms with Gasteiger partial charge in [0.15, 0.2) is 0 Å². The van der Waals surface area contributed by atoms with E-state index in [0.717, 1.165) is 32.1 Å². The van der Waals surface area contributed by atoms with E-state index in [-0.39, 0.29) is 17.6 Å². The topological polar surface area (TPSA) is 54.0 Å². The fourth-order valence-electron chi connectivity index (χ4n) is 3.32. The molecule has 0 N–H and O–H groups in total. The smallest absolute Gasteiger partial charge is 0.438 e. The van der Waals surface area contributed by atoms with Crippen molar-refractivity contribution in [1.29, 1.82) is 0 Å². The van der Waals surface area contributed by atoms with Crippen molar-refractivity contribution >= 4 is 6.16 Å². The molecule has 0 bridgehead atoms. The SMILES string of the molecule is COCO[C@H]1CCCC2=C[C@@H](OC(=O)OC)CC[C@@]21C. The summed E-state index contributed by atoms with van der Waals surface area (Å²) in [6.45, 7) is 2.57. The summed E-state index contributed by atoms with van der Waals surface area (Å²) in [5.74, 6) is 0. The predicted molar refractivity (Wildman–Crippen MR) is 73.3 cm³/mol. The molecule has 5 heteroatoms. The van der Waals surface area contributed by atoms with Crippen molar-refractivity contribution in [2.24, 2.45) is 5.41 Å². The maximum absolute atomic E-state index is 11.2. The van der Waals surface area contributed by atoms with Crippen molar-refractivity contribution in [2.45, 2.75) is 51.2 Å². The highest BCUT2D eigenvalue weighted by Crippen LogP contribution is 2.48. The van der Waals surface area contributed by atoms with Gasteiger partial charge in [0.25, 0.3) is 0 Å². The Morgan fingerprint density at radius 2 is 2.20 bits per heavy atom. The van der Waals surface area contributed by atoms with Crippen LogP contribution in [0, 0.1) is 5.41 Å². The quantitative estimate of drug-likeness (QED) is 0.451. The number of fused-ring (bicyclic) bond motifs is 1. The van der Waals surface area contributed by atoms with E-state index in [1.54, 1.807) is 7.11 Å². The summed E-state index contributed by atoms with van der Waals surface area (Å²) in [6.07, 6.45) is 6.44. The van der Waals surface area contributed by atoms with E-state index in [2.05, 4.69) is 17.7 Å². The Hall–Kier alpha value is -1.07. The van der Waals surface area contributed by atoms with Crippen LogP contribution in [0.15, 0.2) is 11.6 Å². The maximum atomic E-state index is 11.2. The Kier molecular flexibility index (Phi) is 5.05. The van der Waals surface area contributed by atoms with Crippen LogP contribution in [-0.4, -0.2) is 39.4 Å². The average Bonchev–Trinajstić information content (AvgIpc) is 2.45. The number of ether oxygens (including phenoxy) is 4. The third-order valence-electron chi connectivity index (χ3n) is 4.49. The molecule has 0 aromatic carbocycles. The second-order valence-electron chi connectivity index (χ2n) is 5.71. The minimum atomic E-state index is -0.613. The normalized spacial score (nSPS) is 33.0. The zero-order valence-electron chi connectivity index (χ0n) is 12.5.